The summed E-state index contributed by atoms with van der Waals surface area (Å²) in [4.78, 5) is 45.4. The van der Waals surface area contributed by atoms with Crippen molar-refractivity contribution in [1.82, 2.24) is 15.0 Å². The molecule has 1 atom stereocenters. The van der Waals surface area contributed by atoms with Crippen LogP contribution >= 0.6 is 0 Å². The lowest BCUT2D eigenvalue weighted by Crippen LogP contribution is -2.04. The number of rotatable bonds is 21. The van der Waals surface area contributed by atoms with Gasteiger partial charge in [0.1, 0.15) is 0 Å². The molecule has 0 radical (unpaired) electrons. The molecule has 9 nitrogen and oxygen atoms in total. The summed E-state index contributed by atoms with van der Waals surface area (Å²) in [7, 11) is 0. The molecule has 6 N–H and O–H groups in total. The number of aliphatic carboxylic acids is 2. The number of aliphatic hydroxyl groups excluding tert-OH is 1. The third-order valence-corrected chi connectivity index (χ3v) is 9.61. The monoisotopic (exact) mass is 687 g/mol. The van der Waals surface area contributed by atoms with Gasteiger partial charge in [-0.3, -0.25) is 14.4 Å². The number of hydrogen-bond acceptors (Lipinski definition) is 4. The van der Waals surface area contributed by atoms with E-state index in [0.29, 0.717) is 42.5 Å². The molecule has 3 aromatic rings. The highest BCUT2D eigenvalue weighted by molar-refractivity contribution is 5.81. The van der Waals surface area contributed by atoms with Crippen LogP contribution in [0.2, 0.25) is 0 Å². The maximum Gasteiger partial charge on any atom is 0.303 e. The second-order valence-corrected chi connectivity index (χ2v) is 14.0. The number of carbonyl (C=O) groups is 3. The van der Waals surface area contributed by atoms with Crippen molar-refractivity contribution < 1.29 is 29.7 Å². The highest BCUT2D eigenvalue weighted by atomic mass is 16.4. The predicted molar refractivity (Wildman–Crippen MR) is 199 cm³/mol. The molecule has 0 amide bonds. The molecule has 272 valence electrons. The highest BCUT2D eigenvalue weighted by Gasteiger charge is 2.23. The van der Waals surface area contributed by atoms with Gasteiger partial charge in [0.25, 0.3) is 0 Å². The minimum Gasteiger partial charge on any atom is -0.481 e. The summed E-state index contributed by atoms with van der Waals surface area (Å²) in [5, 5.41) is 30.0. The number of aromatic amines is 3. The quantitative estimate of drug-likeness (QED) is 0.0485. The van der Waals surface area contributed by atoms with E-state index in [4.69, 9.17) is 0 Å². The van der Waals surface area contributed by atoms with E-state index >= 15 is 0 Å². The number of aromatic nitrogens is 3. The van der Waals surface area contributed by atoms with Gasteiger partial charge in [-0.05, 0) is 122 Å². The number of carboxylic acids is 2. The smallest absolute Gasteiger partial charge is 0.303 e. The Bertz CT molecular complexity index is 1720. The van der Waals surface area contributed by atoms with Crippen LogP contribution in [0.1, 0.15) is 152 Å². The van der Waals surface area contributed by atoms with Crippen molar-refractivity contribution in [2.45, 2.75) is 132 Å². The van der Waals surface area contributed by atoms with Crippen LogP contribution in [-0.4, -0.2) is 48.5 Å². The van der Waals surface area contributed by atoms with Gasteiger partial charge in [0.05, 0.1) is 6.10 Å². The van der Waals surface area contributed by atoms with Crippen molar-refractivity contribution >= 4 is 18.2 Å². The number of aryl methyl sites for hydroxylation is 2. The van der Waals surface area contributed by atoms with Crippen LogP contribution in [0.15, 0.2) is 41.1 Å². The lowest BCUT2D eigenvalue weighted by Gasteiger charge is -2.12. The number of hydrogen-bond donors (Lipinski definition) is 6. The van der Waals surface area contributed by atoms with E-state index in [-0.39, 0.29) is 19.3 Å². The Morgan fingerprint density at radius 1 is 0.740 bits per heavy atom. The summed E-state index contributed by atoms with van der Waals surface area (Å²) in [6.45, 7) is 14.5. The van der Waals surface area contributed by atoms with E-state index in [2.05, 4.69) is 60.9 Å². The zero-order valence-electron chi connectivity index (χ0n) is 31.0. The van der Waals surface area contributed by atoms with Crippen molar-refractivity contribution in [2.24, 2.45) is 0 Å². The fourth-order valence-electron chi connectivity index (χ4n) is 6.80. The lowest BCUT2D eigenvalue weighted by atomic mass is 9.97. The molecule has 0 saturated heterocycles. The number of aldehydes is 1. The molecule has 3 aromatic heterocycles. The van der Waals surface area contributed by atoms with Gasteiger partial charge in [0.15, 0.2) is 6.29 Å². The standard InChI is InChI=1S/C41H57N3O6/c1-25(2)11-8-12-26(3)13-9-14-27(4)15-10-16-38(46)41-29(6)34(43-30(41)7)21-37-33(24-45)32(18-20-40(49)50)36(44-37)22-35-31(17-19-39(47)48)28(5)23-42-35/h11,13,15,23-24,38,42-44,46H,8-10,12,14,16-22H2,1-7H3,(H,47,48)(H,49,50)/b26-13+,27-15+/t38-/m0/s1. The maximum atomic E-state index is 12.5. The minimum atomic E-state index is -0.953. The van der Waals surface area contributed by atoms with Crippen molar-refractivity contribution in [1.29, 1.82) is 0 Å². The van der Waals surface area contributed by atoms with Gasteiger partial charge >= 0.3 is 11.9 Å². The fraction of sp³-hybridized carbons (Fsp3) is 0.488. The molecule has 0 saturated carbocycles. The van der Waals surface area contributed by atoms with Crippen molar-refractivity contribution in [2.75, 3.05) is 0 Å². The lowest BCUT2D eigenvalue weighted by molar-refractivity contribution is -0.138. The molecule has 0 bridgehead atoms. The first-order chi connectivity index (χ1) is 23.7. The Labute approximate surface area is 297 Å². The minimum absolute atomic E-state index is 0.00264. The summed E-state index contributed by atoms with van der Waals surface area (Å²) in [5.41, 5.74) is 12.9. The highest BCUT2D eigenvalue weighted by Crippen LogP contribution is 2.31. The number of carbonyl (C=O) groups excluding carboxylic acids is 1. The van der Waals surface area contributed by atoms with Gasteiger partial charge in [-0.15, -0.1) is 0 Å². The average molecular weight is 688 g/mol. The van der Waals surface area contributed by atoms with Gasteiger partial charge in [-0.25, -0.2) is 0 Å². The molecule has 0 aliphatic heterocycles. The normalized spacial score (nSPS) is 12.7. The number of nitrogens with one attached hydrogen (secondary N) is 3. The molecular weight excluding hydrogens is 630 g/mol. The molecular formula is C41H57N3O6. The van der Waals surface area contributed by atoms with Gasteiger partial charge < -0.3 is 30.3 Å². The first-order valence-electron chi connectivity index (χ1n) is 17.8. The molecule has 0 fully saturated rings. The number of carboxylic acid groups (broad SMARTS) is 2. The van der Waals surface area contributed by atoms with Crippen LogP contribution in [0, 0.1) is 20.8 Å². The van der Waals surface area contributed by atoms with Crippen LogP contribution in [0.4, 0.5) is 0 Å². The fourth-order valence-corrected chi connectivity index (χ4v) is 6.80. The van der Waals surface area contributed by atoms with E-state index in [1.807, 2.05) is 27.0 Å². The molecule has 3 rings (SSSR count). The van der Waals surface area contributed by atoms with Crippen molar-refractivity contribution in [3.05, 3.63) is 103 Å². The molecule has 0 aliphatic carbocycles. The van der Waals surface area contributed by atoms with Gasteiger partial charge in [-0.2, -0.15) is 0 Å². The summed E-state index contributed by atoms with van der Waals surface area (Å²) in [5.74, 6) is -1.83. The van der Waals surface area contributed by atoms with Crippen LogP contribution < -0.4 is 0 Å². The Hall–Kier alpha value is -4.37. The molecule has 9 heteroatoms. The summed E-state index contributed by atoms with van der Waals surface area (Å²) in [6, 6.07) is 0. The van der Waals surface area contributed by atoms with Crippen molar-refractivity contribution in [3.8, 4) is 0 Å². The van der Waals surface area contributed by atoms with Gasteiger partial charge in [-0.1, -0.05) is 34.9 Å². The first-order valence-corrected chi connectivity index (χ1v) is 17.8. The second kappa shape index (κ2) is 19.1. The van der Waals surface area contributed by atoms with Gasteiger partial charge in [0.2, 0.25) is 0 Å². The number of H-pyrrole nitrogens is 3. The molecule has 50 heavy (non-hydrogen) atoms. The second-order valence-electron chi connectivity index (χ2n) is 14.0. The molecule has 0 unspecified atom stereocenters. The average Bonchev–Trinajstić information content (AvgIpc) is 3.65. The summed E-state index contributed by atoms with van der Waals surface area (Å²) in [6.07, 6.45) is 15.6. The molecule has 0 spiro atoms. The zero-order chi connectivity index (χ0) is 37.0. The van der Waals surface area contributed by atoms with E-state index in [1.54, 1.807) is 0 Å². The molecule has 0 aromatic carbocycles. The molecule has 3 heterocycles. The molecule has 0 aliphatic rings. The maximum absolute atomic E-state index is 12.5. The van der Waals surface area contributed by atoms with Crippen molar-refractivity contribution in [3.63, 3.8) is 0 Å². The van der Waals surface area contributed by atoms with Crippen LogP contribution in [-0.2, 0) is 35.3 Å². The van der Waals surface area contributed by atoms with Crippen LogP contribution in [0.5, 0.6) is 0 Å². The summed E-state index contributed by atoms with van der Waals surface area (Å²) >= 11 is 0. The Morgan fingerprint density at radius 3 is 1.92 bits per heavy atom. The topological polar surface area (TPSA) is 159 Å². The first kappa shape index (κ1) is 40.1. The zero-order valence-corrected chi connectivity index (χ0v) is 31.0. The summed E-state index contributed by atoms with van der Waals surface area (Å²) < 4.78 is 0. The van der Waals surface area contributed by atoms with E-state index in [1.165, 1.54) is 16.7 Å². The van der Waals surface area contributed by atoms with E-state index in [9.17, 15) is 29.7 Å². The van der Waals surface area contributed by atoms with Gasteiger partial charge in [0, 0.05) is 71.5 Å². The number of aliphatic hydroxyl groups is 1. The van der Waals surface area contributed by atoms with E-state index in [0.717, 1.165) is 83.4 Å². The Balaban J connectivity index is 1.76. The predicted octanol–water partition coefficient (Wildman–Crippen LogP) is 8.86. The Kier molecular flexibility index (Phi) is 15.3. The SMILES string of the molecule is CC(C)=CCC/C(C)=C/CC/C(C)=C/CC[C@H](O)c1c(C)[nH]c(Cc2[nH]c(Cc3[nH]cc(C)c3CCC(=O)O)c(CCC(=O)O)c2C=O)c1C. The Morgan fingerprint density at radius 2 is 1.32 bits per heavy atom. The van der Waals surface area contributed by atoms with Crippen LogP contribution in [0.3, 0.4) is 0 Å². The van der Waals surface area contributed by atoms with Crippen LogP contribution in [0.25, 0.3) is 0 Å². The largest absolute Gasteiger partial charge is 0.481 e. The third-order valence-electron chi connectivity index (χ3n) is 9.61. The third kappa shape index (κ3) is 11.6. The van der Waals surface area contributed by atoms with E-state index < -0.39 is 18.0 Å². The number of allylic oxidation sites excluding steroid dienone is 6.